The molecular formula is C26H33Cl3N6O2. The maximum atomic E-state index is 6.40. The number of hydrogen-bond donors (Lipinski definition) is 1. The SMILES string of the molecule is CCc1nn(Cc2c[nH]cn2)c2cc(OC)c(OC)c(N3CCN(c4cccc(Cl)c4C)CC3)c12.Cl.Cl. The fourth-order valence-corrected chi connectivity index (χ4v) is 5.18. The van der Waals surface area contributed by atoms with Crippen LogP contribution in [0.2, 0.25) is 5.02 Å². The molecule has 4 aromatic rings. The molecule has 0 saturated carbocycles. The molecule has 0 bridgehead atoms. The number of aromatic nitrogens is 4. The predicted molar refractivity (Wildman–Crippen MR) is 155 cm³/mol. The highest BCUT2D eigenvalue weighted by Gasteiger charge is 2.28. The molecule has 1 aliphatic rings. The average Bonchev–Trinajstić information content (AvgIpc) is 3.52. The summed E-state index contributed by atoms with van der Waals surface area (Å²) in [6.45, 7) is 8.26. The summed E-state index contributed by atoms with van der Waals surface area (Å²) in [6.07, 6.45) is 4.41. The Labute approximate surface area is 234 Å². The summed E-state index contributed by atoms with van der Waals surface area (Å²) < 4.78 is 13.7. The van der Waals surface area contributed by atoms with Gasteiger partial charge in [0.25, 0.3) is 0 Å². The Hall–Kier alpha value is -2.81. The second-order valence-corrected chi connectivity index (χ2v) is 9.14. The Balaban J connectivity index is 0.00000190. The van der Waals surface area contributed by atoms with E-state index in [1.807, 2.05) is 29.1 Å². The molecule has 5 rings (SSSR count). The molecule has 2 aromatic heterocycles. The maximum absolute atomic E-state index is 6.40. The van der Waals surface area contributed by atoms with Crippen LogP contribution in [0, 0.1) is 6.92 Å². The van der Waals surface area contributed by atoms with Crippen molar-refractivity contribution in [3.05, 3.63) is 58.8 Å². The number of rotatable bonds is 7. The van der Waals surface area contributed by atoms with Crippen molar-refractivity contribution in [2.24, 2.45) is 0 Å². The minimum Gasteiger partial charge on any atom is -0.493 e. The molecule has 200 valence electrons. The zero-order valence-corrected chi connectivity index (χ0v) is 23.8. The molecule has 8 nitrogen and oxygen atoms in total. The van der Waals surface area contributed by atoms with E-state index in [2.05, 4.69) is 39.7 Å². The monoisotopic (exact) mass is 566 g/mol. The number of anilines is 2. The van der Waals surface area contributed by atoms with Crippen molar-refractivity contribution in [3.63, 3.8) is 0 Å². The standard InChI is InChI=1S/C26H31ClN6O2.2ClH/c1-5-20-24-22(33(30-20)15-18-14-28-16-29-18)13-23(34-3)26(35-4)25(24)32-11-9-31(10-12-32)21-8-6-7-19(27)17(21)2;;/h6-8,13-14,16H,5,9-12,15H2,1-4H3,(H,28,29);2*1H. The number of ether oxygens (including phenoxy) is 2. The van der Waals surface area contributed by atoms with Gasteiger partial charge < -0.3 is 24.3 Å². The molecule has 1 aliphatic heterocycles. The number of hydrogen-bond acceptors (Lipinski definition) is 6. The number of aryl methyl sites for hydroxylation is 1. The van der Waals surface area contributed by atoms with Gasteiger partial charge in [-0.25, -0.2) is 4.98 Å². The Kier molecular flexibility index (Phi) is 9.45. The summed E-state index contributed by atoms with van der Waals surface area (Å²) in [7, 11) is 3.39. The number of halogens is 3. The van der Waals surface area contributed by atoms with Crippen LogP contribution in [0.4, 0.5) is 11.4 Å². The molecule has 0 unspecified atom stereocenters. The van der Waals surface area contributed by atoms with Crippen molar-refractivity contribution in [1.29, 1.82) is 0 Å². The van der Waals surface area contributed by atoms with E-state index in [0.29, 0.717) is 12.3 Å². The van der Waals surface area contributed by atoms with Gasteiger partial charge in [0, 0.05) is 49.2 Å². The molecule has 0 aliphatic carbocycles. The molecule has 37 heavy (non-hydrogen) atoms. The number of piperazine rings is 1. The summed E-state index contributed by atoms with van der Waals surface area (Å²) >= 11 is 6.40. The molecule has 1 saturated heterocycles. The Morgan fingerprint density at radius 2 is 1.78 bits per heavy atom. The van der Waals surface area contributed by atoms with Crippen LogP contribution in [0.15, 0.2) is 36.8 Å². The van der Waals surface area contributed by atoms with Gasteiger partial charge in [0.1, 0.15) is 0 Å². The van der Waals surface area contributed by atoms with Gasteiger partial charge in [0.15, 0.2) is 11.5 Å². The number of H-pyrrole nitrogens is 1. The Bertz CT molecular complexity index is 1330. The third kappa shape index (κ3) is 5.28. The molecule has 2 aromatic carbocycles. The van der Waals surface area contributed by atoms with E-state index in [1.54, 1.807) is 20.5 Å². The van der Waals surface area contributed by atoms with Gasteiger partial charge in [-0.2, -0.15) is 5.10 Å². The Morgan fingerprint density at radius 1 is 1.05 bits per heavy atom. The third-order valence-corrected chi connectivity index (χ3v) is 7.22. The summed E-state index contributed by atoms with van der Waals surface area (Å²) in [5, 5.41) is 6.90. The van der Waals surface area contributed by atoms with Crippen molar-refractivity contribution in [1.82, 2.24) is 19.7 Å². The van der Waals surface area contributed by atoms with E-state index in [-0.39, 0.29) is 24.8 Å². The lowest BCUT2D eigenvalue weighted by Crippen LogP contribution is -2.47. The smallest absolute Gasteiger partial charge is 0.185 e. The van der Waals surface area contributed by atoms with Crippen LogP contribution in [0.3, 0.4) is 0 Å². The lowest BCUT2D eigenvalue weighted by molar-refractivity contribution is 0.355. The first kappa shape index (κ1) is 28.8. The number of methoxy groups -OCH3 is 2. The molecule has 3 heterocycles. The summed E-state index contributed by atoms with van der Waals surface area (Å²) in [4.78, 5) is 12.2. The van der Waals surface area contributed by atoms with E-state index in [0.717, 1.165) is 76.9 Å². The maximum Gasteiger partial charge on any atom is 0.185 e. The number of nitrogens with zero attached hydrogens (tertiary/aromatic N) is 5. The lowest BCUT2D eigenvalue weighted by atomic mass is 10.1. The molecule has 0 atom stereocenters. The summed E-state index contributed by atoms with van der Waals surface area (Å²) in [6, 6.07) is 8.14. The van der Waals surface area contributed by atoms with Gasteiger partial charge in [-0.05, 0) is 31.0 Å². The number of imidazole rings is 1. The Morgan fingerprint density at radius 3 is 2.41 bits per heavy atom. The lowest BCUT2D eigenvalue weighted by Gasteiger charge is -2.39. The molecule has 0 spiro atoms. The van der Waals surface area contributed by atoms with Crippen molar-refractivity contribution >= 4 is 58.7 Å². The van der Waals surface area contributed by atoms with Crippen LogP contribution in [-0.2, 0) is 13.0 Å². The highest BCUT2D eigenvalue weighted by atomic mass is 35.5. The normalized spacial score (nSPS) is 13.3. The van der Waals surface area contributed by atoms with Crippen LogP contribution in [-0.4, -0.2) is 60.1 Å². The summed E-state index contributed by atoms with van der Waals surface area (Å²) in [5.41, 5.74) is 6.36. The topological polar surface area (TPSA) is 71.4 Å². The average molecular weight is 568 g/mol. The van der Waals surface area contributed by atoms with Gasteiger partial charge in [0.05, 0.1) is 55.1 Å². The van der Waals surface area contributed by atoms with E-state index in [4.69, 9.17) is 26.2 Å². The van der Waals surface area contributed by atoms with E-state index < -0.39 is 0 Å². The first-order valence-corrected chi connectivity index (χ1v) is 12.3. The minimum absolute atomic E-state index is 0. The highest BCUT2D eigenvalue weighted by molar-refractivity contribution is 6.31. The first-order valence-electron chi connectivity index (χ1n) is 11.9. The van der Waals surface area contributed by atoms with Crippen LogP contribution >= 0.6 is 36.4 Å². The number of fused-ring (bicyclic) bond motifs is 1. The molecular weight excluding hydrogens is 535 g/mol. The van der Waals surface area contributed by atoms with E-state index in [1.165, 1.54) is 5.69 Å². The van der Waals surface area contributed by atoms with Gasteiger partial charge in [-0.1, -0.05) is 24.6 Å². The summed E-state index contributed by atoms with van der Waals surface area (Å²) in [5.74, 6) is 1.45. The molecule has 0 amide bonds. The number of nitrogens with one attached hydrogen (secondary N) is 1. The van der Waals surface area contributed by atoms with Crippen LogP contribution in [0.1, 0.15) is 23.9 Å². The molecule has 11 heteroatoms. The van der Waals surface area contributed by atoms with Crippen LogP contribution in [0.5, 0.6) is 11.5 Å². The fourth-order valence-electron chi connectivity index (χ4n) is 5.01. The van der Waals surface area contributed by atoms with Crippen LogP contribution in [0.25, 0.3) is 10.9 Å². The second-order valence-electron chi connectivity index (χ2n) is 8.73. The van der Waals surface area contributed by atoms with Gasteiger partial charge in [-0.15, -0.1) is 24.8 Å². The zero-order chi connectivity index (χ0) is 24.5. The number of benzene rings is 2. The molecule has 0 radical (unpaired) electrons. The van der Waals surface area contributed by atoms with Crippen molar-refractivity contribution < 1.29 is 9.47 Å². The molecule has 1 N–H and O–H groups in total. The van der Waals surface area contributed by atoms with Gasteiger partial charge in [-0.3, -0.25) is 4.68 Å². The zero-order valence-electron chi connectivity index (χ0n) is 21.5. The predicted octanol–water partition coefficient (Wildman–Crippen LogP) is 5.52. The highest BCUT2D eigenvalue weighted by Crippen LogP contribution is 2.46. The van der Waals surface area contributed by atoms with Gasteiger partial charge >= 0.3 is 0 Å². The largest absolute Gasteiger partial charge is 0.493 e. The minimum atomic E-state index is 0. The quantitative estimate of drug-likeness (QED) is 0.317. The van der Waals surface area contributed by atoms with Gasteiger partial charge in [0.2, 0.25) is 0 Å². The van der Waals surface area contributed by atoms with Crippen molar-refractivity contribution in [3.8, 4) is 11.5 Å². The van der Waals surface area contributed by atoms with Crippen LogP contribution < -0.4 is 19.3 Å². The van der Waals surface area contributed by atoms with E-state index >= 15 is 0 Å². The molecule has 1 fully saturated rings. The first-order chi connectivity index (χ1) is 17.0. The van der Waals surface area contributed by atoms with Crippen molar-refractivity contribution in [2.45, 2.75) is 26.8 Å². The fraction of sp³-hybridized carbons (Fsp3) is 0.385. The second kappa shape index (κ2) is 12.2. The third-order valence-electron chi connectivity index (χ3n) is 6.81. The number of aromatic amines is 1. The van der Waals surface area contributed by atoms with E-state index in [9.17, 15) is 0 Å². The van der Waals surface area contributed by atoms with Crippen molar-refractivity contribution in [2.75, 3.05) is 50.2 Å².